The molecular weight excluding hydrogens is 589 g/mol. The van der Waals surface area contributed by atoms with Crippen LogP contribution in [0.2, 0.25) is 5.02 Å². The van der Waals surface area contributed by atoms with Crippen molar-refractivity contribution in [3.8, 4) is 5.75 Å². The number of nitrogens with zero attached hydrogens (tertiary/aromatic N) is 3. The summed E-state index contributed by atoms with van der Waals surface area (Å²) in [7, 11) is 1.80. The van der Waals surface area contributed by atoms with Crippen LogP contribution in [0.15, 0.2) is 84.9 Å². The van der Waals surface area contributed by atoms with Gasteiger partial charge in [0.15, 0.2) is 0 Å². The summed E-state index contributed by atoms with van der Waals surface area (Å²) in [5.41, 5.74) is 2.00. The zero-order chi connectivity index (χ0) is 30.8. The summed E-state index contributed by atoms with van der Waals surface area (Å²) in [6.45, 7) is 0.313. The number of amides is 1. The first-order valence-corrected chi connectivity index (χ1v) is 14.8. The van der Waals surface area contributed by atoms with Crippen molar-refractivity contribution in [1.29, 1.82) is 0 Å². The summed E-state index contributed by atoms with van der Waals surface area (Å²) in [5, 5.41) is 5.18. The third-order valence-electron chi connectivity index (χ3n) is 8.16. The lowest BCUT2D eigenvalue weighted by Crippen LogP contribution is -2.43. The fraction of sp³-hybridized carbons (Fsp3) is 0.265. The maximum Gasteiger partial charge on any atom is 0.433 e. The molecule has 10 heteroatoms. The highest BCUT2D eigenvalue weighted by molar-refractivity contribution is 6.31. The van der Waals surface area contributed by atoms with E-state index in [1.54, 1.807) is 43.4 Å². The van der Waals surface area contributed by atoms with Crippen LogP contribution in [0.4, 0.5) is 18.9 Å². The van der Waals surface area contributed by atoms with Gasteiger partial charge in [0.05, 0.1) is 16.7 Å². The molecule has 0 spiro atoms. The number of hydrogen-bond acceptors (Lipinski definition) is 5. The number of ether oxygens (including phenoxy) is 1. The van der Waals surface area contributed by atoms with Crippen LogP contribution in [0.3, 0.4) is 0 Å². The number of alkyl halides is 3. The molecule has 226 valence electrons. The second-order valence-corrected chi connectivity index (χ2v) is 11.5. The van der Waals surface area contributed by atoms with Gasteiger partial charge >= 0.3 is 6.18 Å². The monoisotopic (exact) mass is 618 g/mol. The number of hydrogen-bond donors (Lipinski definition) is 1. The highest BCUT2D eigenvalue weighted by atomic mass is 35.5. The van der Waals surface area contributed by atoms with Crippen LogP contribution in [0.25, 0.3) is 21.8 Å². The molecule has 3 aromatic carbocycles. The molecular formula is C34H30ClF3N4O2. The molecule has 0 unspecified atom stereocenters. The van der Waals surface area contributed by atoms with Gasteiger partial charge in [0.1, 0.15) is 18.1 Å². The Morgan fingerprint density at radius 3 is 2.43 bits per heavy atom. The van der Waals surface area contributed by atoms with E-state index in [0.717, 1.165) is 22.7 Å². The van der Waals surface area contributed by atoms with Crippen molar-refractivity contribution in [2.45, 2.75) is 50.6 Å². The van der Waals surface area contributed by atoms with Crippen molar-refractivity contribution >= 4 is 45.0 Å². The Labute approximate surface area is 257 Å². The molecule has 1 N–H and O–H groups in total. The van der Waals surface area contributed by atoms with Crippen molar-refractivity contribution < 1.29 is 22.7 Å². The minimum absolute atomic E-state index is 0.00217. The van der Waals surface area contributed by atoms with Crippen LogP contribution in [0.1, 0.15) is 47.4 Å². The fourth-order valence-corrected chi connectivity index (χ4v) is 5.91. The first-order chi connectivity index (χ1) is 21.1. The molecule has 5 aromatic rings. The van der Waals surface area contributed by atoms with Gasteiger partial charge in [-0.1, -0.05) is 35.9 Å². The average Bonchev–Trinajstić information content (AvgIpc) is 3.03. The van der Waals surface area contributed by atoms with Gasteiger partial charge in [0.2, 0.25) is 0 Å². The Kier molecular flexibility index (Phi) is 8.31. The molecule has 1 fully saturated rings. The summed E-state index contributed by atoms with van der Waals surface area (Å²) in [5.74, 6) is 0.466. The lowest BCUT2D eigenvalue weighted by atomic mass is 9.89. The molecule has 0 bridgehead atoms. The molecule has 2 aromatic heterocycles. The van der Waals surface area contributed by atoms with E-state index in [4.69, 9.17) is 16.3 Å². The Balaban J connectivity index is 1.04. The van der Waals surface area contributed by atoms with Crippen LogP contribution < -0.4 is 15.0 Å². The topological polar surface area (TPSA) is 67.4 Å². The predicted molar refractivity (Wildman–Crippen MR) is 166 cm³/mol. The molecule has 2 heterocycles. The summed E-state index contributed by atoms with van der Waals surface area (Å²) >= 11 is 6.18. The van der Waals surface area contributed by atoms with Gasteiger partial charge in [-0.25, -0.2) is 9.97 Å². The Morgan fingerprint density at radius 2 is 1.68 bits per heavy atom. The summed E-state index contributed by atoms with van der Waals surface area (Å²) < 4.78 is 46.7. The van der Waals surface area contributed by atoms with Gasteiger partial charge in [-0.05, 0) is 86.3 Å². The van der Waals surface area contributed by atoms with E-state index >= 15 is 0 Å². The first-order valence-electron chi connectivity index (χ1n) is 14.4. The third-order valence-corrected chi connectivity index (χ3v) is 8.39. The predicted octanol–water partition coefficient (Wildman–Crippen LogP) is 8.21. The Morgan fingerprint density at radius 1 is 0.932 bits per heavy atom. The van der Waals surface area contributed by atoms with Crippen molar-refractivity contribution in [2.75, 3.05) is 11.9 Å². The summed E-state index contributed by atoms with van der Waals surface area (Å²) in [4.78, 5) is 23.3. The quantitative estimate of drug-likeness (QED) is 0.199. The molecule has 0 atom stereocenters. The van der Waals surface area contributed by atoms with Crippen molar-refractivity contribution in [1.82, 2.24) is 15.3 Å². The number of fused-ring (bicyclic) bond motifs is 2. The molecule has 1 saturated carbocycles. The molecule has 0 radical (unpaired) electrons. The Bertz CT molecular complexity index is 1810. The van der Waals surface area contributed by atoms with Crippen LogP contribution in [0.5, 0.6) is 5.75 Å². The van der Waals surface area contributed by atoms with E-state index in [-0.39, 0.29) is 23.5 Å². The van der Waals surface area contributed by atoms with Gasteiger partial charge in [0.25, 0.3) is 5.91 Å². The number of aromatic nitrogens is 2. The minimum Gasteiger partial charge on any atom is -0.487 e. The third kappa shape index (κ3) is 6.58. The second-order valence-electron chi connectivity index (χ2n) is 11.1. The average molecular weight is 619 g/mol. The highest BCUT2D eigenvalue weighted by Crippen LogP contribution is 2.37. The maximum atomic E-state index is 13.6. The zero-order valence-corrected chi connectivity index (χ0v) is 24.7. The highest BCUT2D eigenvalue weighted by Gasteiger charge is 2.35. The molecule has 6 rings (SSSR count). The van der Waals surface area contributed by atoms with Crippen molar-refractivity contribution in [3.05, 3.63) is 107 Å². The number of para-hydroxylation sites is 1. The summed E-state index contributed by atoms with van der Waals surface area (Å²) in [6, 6.07) is 24.6. The van der Waals surface area contributed by atoms with Crippen LogP contribution in [-0.2, 0) is 12.8 Å². The van der Waals surface area contributed by atoms with Gasteiger partial charge in [-0.15, -0.1) is 0 Å². The minimum atomic E-state index is -4.57. The zero-order valence-electron chi connectivity index (χ0n) is 23.9. The van der Waals surface area contributed by atoms with E-state index in [0.29, 0.717) is 59.7 Å². The Hall–Kier alpha value is -4.37. The molecule has 0 aliphatic heterocycles. The van der Waals surface area contributed by atoms with E-state index in [1.807, 2.05) is 41.3 Å². The fourth-order valence-electron chi connectivity index (χ4n) is 5.74. The summed E-state index contributed by atoms with van der Waals surface area (Å²) in [6.07, 6.45) is -1.73. The number of carbonyl (C=O) groups is 1. The number of nitrogens with one attached hydrogen (secondary N) is 1. The van der Waals surface area contributed by atoms with Gasteiger partial charge in [-0.2, -0.15) is 13.2 Å². The van der Waals surface area contributed by atoms with E-state index < -0.39 is 11.9 Å². The van der Waals surface area contributed by atoms with Gasteiger partial charge < -0.3 is 15.0 Å². The number of carbonyl (C=O) groups excluding carboxylic acids is 1. The number of rotatable bonds is 7. The van der Waals surface area contributed by atoms with Crippen LogP contribution in [-0.4, -0.2) is 35.0 Å². The second kappa shape index (κ2) is 12.3. The molecule has 6 nitrogen and oxygen atoms in total. The number of benzene rings is 3. The molecule has 0 saturated heterocycles. The number of anilines is 1. The van der Waals surface area contributed by atoms with Gasteiger partial charge in [-0.3, -0.25) is 4.79 Å². The van der Waals surface area contributed by atoms with Crippen LogP contribution >= 0.6 is 11.6 Å². The largest absolute Gasteiger partial charge is 0.487 e. The number of pyridine rings is 2. The van der Waals surface area contributed by atoms with E-state index in [1.165, 1.54) is 6.07 Å². The normalized spacial score (nSPS) is 17.0. The van der Waals surface area contributed by atoms with Gasteiger partial charge in [0, 0.05) is 46.2 Å². The molecule has 44 heavy (non-hydrogen) atoms. The van der Waals surface area contributed by atoms with E-state index in [2.05, 4.69) is 15.3 Å². The SMILES string of the molecule is CN(c1cc(C(F)(F)F)nc2ccc(Cl)cc12)[C@H]1CC[C@@H](NC(=O)c2ccc(OCc3ccc4ccccc4n3)cc2)CC1. The van der Waals surface area contributed by atoms with E-state index in [9.17, 15) is 18.0 Å². The smallest absolute Gasteiger partial charge is 0.433 e. The van der Waals surface area contributed by atoms with Crippen LogP contribution in [0, 0.1) is 0 Å². The molecule has 1 aliphatic carbocycles. The standard InChI is InChI=1S/C34H30ClF3N4O2/c1-42(31-19-32(34(36,37)38)41-30-17-9-23(35)18-28(30)31)26-13-11-24(12-14-26)40-33(43)22-7-15-27(16-8-22)44-20-25-10-6-21-4-2-3-5-29(21)39-25/h2-10,15-19,24,26H,11-14,20H2,1H3,(H,40,43)/t24-,26+. The first kappa shape index (κ1) is 29.7. The van der Waals surface area contributed by atoms with Crippen molar-refractivity contribution in [3.63, 3.8) is 0 Å². The number of halogens is 4. The molecule has 1 amide bonds. The maximum absolute atomic E-state index is 13.6. The lowest BCUT2D eigenvalue weighted by molar-refractivity contribution is -0.140. The van der Waals surface area contributed by atoms with Crippen molar-refractivity contribution in [2.24, 2.45) is 0 Å². The lowest BCUT2D eigenvalue weighted by Gasteiger charge is -2.37. The molecule has 1 aliphatic rings.